The van der Waals surface area contributed by atoms with E-state index in [1.807, 2.05) is 83.4 Å². The Morgan fingerprint density at radius 3 is 2.28 bits per heavy atom. The molecular weight excluding hydrogens is 362 g/mol. The molecule has 0 unspecified atom stereocenters. The highest BCUT2D eigenvalue weighted by Crippen LogP contribution is 2.40. The van der Waals surface area contributed by atoms with Crippen molar-refractivity contribution in [3.63, 3.8) is 0 Å². The van der Waals surface area contributed by atoms with E-state index in [1.54, 1.807) is 6.20 Å². The van der Waals surface area contributed by atoms with E-state index in [1.165, 1.54) is 0 Å². The van der Waals surface area contributed by atoms with Gasteiger partial charge in [0.05, 0.1) is 6.04 Å². The van der Waals surface area contributed by atoms with Crippen molar-refractivity contribution in [3.8, 4) is 0 Å². The third-order valence-electron chi connectivity index (χ3n) is 5.97. The quantitative estimate of drug-likeness (QED) is 0.704. The fourth-order valence-electron chi connectivity index (χ4n) is 4.44. The molecule has 150 valence electrons. The summed E-state index contributed by atoms with van der Waals surface area (Å²) in [6, 6.07) is 19.1. The van der Waals surface area contributed by atoms with Crippen molar-refractivity contribution >= 4 is 5.91 Å². The topological polar surface area (TPSA) is 58.4 Å². The zero-order chi connectivity index (χ0) is 20.3. The normalized spacial score (nSPS) is 16.9. The fourth-order valence-corrected chi connectivity index (χ4v) is 4.44. The van der Waals surface area contributed by atoms with Crippen molar-refractivity contribution in [2.24, 2.45) is 7.05 Å². The van der Waals surface area contributed by atoms with Crippen LogP contribution in [0.5, 0.6) is 0 Å². The summed E-state index contributed by atoms with van der Waals surface area (Å²) in [5.41, 5.74) is 0.401. The van der Waals surface area contributed by atoms with E-state index in [9.17, 15) is 9.90 Å². The Kier molecular flexibility index (Phi) is 5.49. The van der Waals surface area contributed by atoms with Crippen LogP contribution < -0.4 is 0 Å². The number of imidazole rings is 1. The predicted molar refractivity (Wildman–Crippen MR) is 112 cm³/mol. The number of nitrogens with zero attached hydrogens (tertiary/aromatic N) is 3. The molecule has 1 N–H and O–H groups in total. The van der Waals surface area contributed by atoms with Crippen molar-refractivity contribution in [1.29, 1.82) is 0 Å². The van der Waals surface area contributed by atoms with Crippen molar-refractivity contribution in [2.45, 2.75) is 37.3 Å². The summed E-state index contributed by atoms with van der Waals surface area (Å²) < 4.78 is 1.94. The molecule has 3 aromatic rings. The zero-order valence-electron chi connectivity index (χ0n) is 16.7. The van der Waals surface area contributed by atoms with Crippen LogP contribution in [0.4, 0.5) is 0 Å². The smallest absolute Gasteiger partial charge is 0.223 e. The highest BCUT2D eigenvalue weighted by atomic mass is 16.3. The van der Waals surface area contributed by atoms with Gasteiger partial charge in [0.2, 0.25) is 5.91 Å². The lowest BCUT2D eigenvalue weighted by Gasteiger charge is -2.40. The summed E-state index contributed by atoms with van der Waals surface area (Å²) in [5, 5.41) is 12.1. The highest BCUT2D eigenvalue weighted by Gasteiger charge is 2.46. The lowest BCUT2D eigenvalue weighted by atomic mass is 9.79. The largest absolute Gasteiger partial charge is 0.378 e. The maximum atomic E-state index is 13.1. The molecule has 1 aliphatic heterocycles. The van der Waals surface area contributed by atoms with E-state index in [-0.39, 0.29) is 11.9 Å². The number of hydrogen-bond donors (Lipinski definition) is 1. The van der Waals surface area contributed by atoms with Crippen molar-refractivity contribution < 1.29 is 9.90 Å². The van der Waals surface area contributed by atoms with Crippen molar-refractivity contribution in [3.05, 3.63) is 90.0 Å². The van der Waals surface area contributed by atoms with E-state index in [4.69, 9.17) is 0 Å². The van der Waals surface area contributed by atoms with Gasteiger partial charge in [-0.15, -0.1) is 0 Å². The monoisotopic (exact) mass is 389 g/mol. The van der Waals surface area contributed by atoms with E-state index in [0.29, 0.717) is 19.4 Å². The maximum Gasteiger partial charge on any atom is 0.223 e. The van der Waals surface area contributed by atoms with Gasteiger partial charge < -0.3 is 14.6 Å². The standard InChI is InChI=1S/C24H27N3O2/c1-26-18-16-25-22(26)14-15-23(28)27-17-8-13-21(27)24(29,19-9-4-2-5-10-19)20-11-6-3-7-12-20/h2-7,9-12,16,18,21,29H,8,13-15,17H2,1H3/t21-/m1/s1. The number of carbonyl (C=O) groups is 1. The molecule has 1 atom stereocenters. The Balaban J connectivity index is 1.63. The molecule has 0 spiro atoms. The lowest BCUT2D eigenvalue weighted by molar-refractivity contribution is -0.136. The first-order chi connectivity index (χ1) is 14.1. The molecule has 0 radical (unpaired) electrons. The molecule has 1 aliphatic rings. The van der Waals surface area contributed by atoms with Gasteiger partial charge in [0.25, 0.3) is 0 Å². The van der Waals surface area contributed by atoms with Gasteiger partial charge in [-0.2, -0.15) is 0 Å². The van der Waals surface area contributed by atoms with Gasteiger partial charge in [0.1, 0.15) is 11.4 Å². The number of rotatable bonds is 6. The second-order valence-corrected chi connectivity index (χ2v) is 7.70. The number of aryl methyl sites for hydroxylation is 2. The van der Waals surface area contributed by atoms with Gasteiger partial charge in [0, 0.05) is 38.8 Å². The second kappa shape index (κ2) is 8.21. The van der Waals surface area contributed by atoms with E-state index >= 15 is 0 Å². The van der Waals surface area contributed by atoms with Crippen LogP contribution in [0, 0.1) is 0 Å². The Labute approximate surface area is 171 Å². The summed E-state index contributed by atoms with van der Waals surface area (Å²) in [4.78, 5) is 19.3. The molecule has 0 saturated carbocycles. The fraction of sp³-hybridized carbons (Fsp3) is 0.333. The Morgan fingerprint density at radius 1 is 1.10 bits per heavy atom. The van der Waals surface area contributed by atoms with Crippen LogP contribution >= 0.6 is 0 Å². The first-order valence-corrected chi connectivity index (χ1v) is 10.2. The summed E-state index contributed by atoms with van der Waals surface area (Å²) in [5.74, 6) is 0.969. The molecular formula is C24H27N3O2. The van der Waals surface area contributed by atoms with Crippen LogP contribution in [-0.4, -0.2) is 38.1 Å². The number of aromatic nitrogens is 2. The average Bonchev–Trinajstić information content (AvgIpc) is 3.42. The molecule has 1 saturated heterocycles. The van der Waals surface area contributed by atoms with Crippen LogP contribution in [0.3, 0.4) is 0 Å². The van der Waals surface area contributed by atoms with Crippen molar-refractivity contribution in [1.82, 2.24) is 14.5 Å². The summed E-state index contributed by atoms with van der Waals surface area (Å²) in [6.45, 7) is 0.673. The molecule has 2 heterocycles. The summed E-state index contributed by atoms with van der Waals surface area (Å²) in [7, 11) is 1.94. The van der Waals surface area contributed by atoms with Crippen LogP contribution in [0.25, 0.3) is 0 Å². The maximum absolute atomic E-state index is 13.1. The molecule has 2 aromatic carbocycles. The highest BCUT2D eigenvalue weighted by molar-refractivity contribution is 5.77. The van der Waals surface area contributed by atoms with Crippen LogP contribution in [0.2, 0.25) is 0 Å². The Bertz CT molecular complexity index is 913. The minimum Gasteiger partial charge on any atom is -0.378 e. The molecule has 1 amide bonds. The van der Waals surface area contributed by atoms with E-state index in [0.717, 1.165) is 29.8 Å². The summed E-state index contributed by atoms with van der Waals surface area (Å²) in [6.07, 6.45) is 6.29. The third kappa shape index (κ3) is 3.70. The van der Waals surface area contributed by atoms with Crippen LogP contribution in [0.1, 0.15) is 36.2 Å². The Hall–Kier alpha value is -2.92. The van der Waals surface area contributed by atoms with E-state index < -0.39 is 5.60 Å². The second-order valence-electron chi connectivity index (χ2n) is 7.70. The minimum atomic E-state index is -1.24. The number of benzene rings is 2. The Morgan fingerprint density at radius 2 is 1.72 bits per heavy atom. The lowest BCUT2D eigenvalue weighted by Crippen LogP contribution is -2.50. The van der Waals surface area contributed by atoms with Crippen molar-refractivity contribution in [2.75, 3.05) is 6.54 Å². The van der Waals surface area contributed by atoms with Crippen LogP contribution in [0.15, 0.2) is 73.1 Å². The molecule has 5 nitrogen and oxygen atoms in total. The van der Waals surface area contributed by atoms with Gasteiger partial charge >= 0.3 is 0 Å². The first kappa shape index (κ1) is 19.4. The number of likely N-dealkylation sites (tertiary alicyclic amines) is 1. The minimum absolute atomic E-state index is 0.0702. The predicted octanol–water partition coefficient (Wildman–Crippen LogP) is 3.28. The molecule has 0 aliphatic carbocycles. The molecule has 5 heteroatoms. The molecule has 1 fully saturated rings. The van der Waals surface area contributed by atoms with Gasteiger partial charge in [-0.3, -0.25) is 4.79 Å². The number of amides is 1. The van der Waals surface area contributed by atoms with Gasteiger partial charge in [0.15, 0.2) is 0 Å². The van der Waals surface area contributed by atoms with Crippen LogP contribution in [-0.2, 0) is 23.9 Å². The zero-order valence-corrected chi connectivity index (χ0v) is 16.7. The van der Waals surface area contributed by atoms with Gasteiger partial charge in [-0.25, -0.2) is 4.98 Å². The summed E-state index contributed by atoms with van der Waals surface area (Å²) >= 11 is 0. The third-order valence-corrected chi connectivity index (χ3v) is 5.97. The van der Waals surface area contributed by atoms with Gasteiger partial charge in [-0.1, -0.05) is 60.7 Å². The molecule has 4 rings (SSSR count). The van der Waals surface area contributed by atoms with E-state index in [2.05, 4.69) is 4.98 Å². The number of hydrogen-bond acceptors (Lipinski definition) is 3. The number of carbonyl (C=O) groups excluding carboxylic acids is 1. The molecule has 29 heavy (non-hydrogen) atoms. The SMILES string of the molecule is Cn1ccnc1CCC(=O)N1CCC[C@@H]1C(O)(c1ccccc1)c1ccccc1. The molecule has 0 bridgehead atoms. The number of aliphatic hydroxyl groups is 1. The molecule has 1 aromatic heterocycles. The van der Waals surface area contributed by atoms with Gasteiger partial charge in [-0.05, 0) is 24.0 Å². The first-order valence-electron chi connectivity index (χ1n) is 10.2. The average molecular weight is 389 g/mol.